The number of nitrogens with zero attached hydrogens (tertiary/aromatic N) is 1. The highest BCUT2D eigenvalue weighted by Gasteiger charge is 2.31. The van der Waals surface area contributed by atoms with E-state index in [1.807, 2.05) is 0 Å². The molecule has 1 heterocycles. The molecule has 0 aliphatic carbocycles. The van der Waals surface area contributed by atoms with Gasteiger partial charge in [-0.2, -0.15) is 0 Å². The second kappa shape index (κ2) is 6.18. The van der Waals surface area contributed by atoms with Gasteiger partial charge in [-0.1, -0.05) is 0 Å². The second-order valence-electron chi connectivity index (χ2n) is 5.70. The van der Waals surface area contributed by atoms with Crippen molar-refractivity contribution >= 4 is 11.9 Å². The SMILES string of the molecule is CN(CC1CCOCC1)C(=O)CC(C)(C)C(=O)O. The fourth-order valence-corrected chi connectivity index (χ4v) is 2.01. The quantitative estimate of drug-likeness (QED) is 0.808. The third-order valence-corrected chi connectivity index (χ3v) is 3.47. The standard InChI is InChI=1S/C13H23NO4/c1-13(2,12(16)17)8-11(15)14(3)9-10-4-6-18-7-5-10/h10H,4-9H2,1-3H3,(H,16,17). The van der Waals surface area contributed by atoms with Gasteiger partial charge in [0.25, 0.3) is 0 Å². The predicted octanol–water partition coefficient (Wildman–Crippen LogP) is 1.37. The molecule has 1 N–H and O–H groups in total. The van der Waals surface area contributed by atoms with E-state index in [2.05, 4.69) is 0 Å². The van der Waals surface area contributed by atoms with Gasteiger partial charge in [0.05, 0.1) is 5.41 Å². The lowest BCUT2D eigenvalue weighted by atomic mass is 9.89. The largest absolute Gasteiger partial charge is 0.481 e. The highest BCUT2D eigenvalue weighted by molar-refractivity contribution is 5.84. The van der Waals surface area contributed by atoms with Gasteiger partial charge in [0.2, 0.25) is 5.91 Å². The zero-order valence-electron chi connectivity index (χ0n) is 11.4. The summed E-state index contributed by atoms with van der Waals surface area (Å²) in [5.74, 6) is -0.565. The Kier molecular flexibility index (Phi) is 5.14. The monoisotopic (exact) mass is 257 g/mol. The molecule has 1 fully saturated rings. The van der Waals surface area contributed by atoms with E-state index in [1.54, 1.807) is 25.8 Å². The van der Waals surface area contributed by atoms with Crippen LogP contribution < -0.4 is 0 Å². The summed E-state index contributed by atoms with van der Waals surface area (Å²) in [4.78, 5) is 24.6. The lowest BCUT2D eigenvalue weighted by Crippen LogP contribution is -2.38. The molecule has 104 valence electrons. The van der Waals surface area contributed by atoms with E-state index in [-0.39, 0.29) is 12.3 Å². The molecule has 5 heteroatoms. The van der Waals surface area contributed by atoms with Crippen LogP contribution in [0.1, 0.15) is 33.1 Å². The molecule has 0 unspecified atom stereocenters. The first-order chi connectivity index (χ1) is 8.33. The number of carbonyl (C=O) groups excluding carboxylic acids is 1. The molecule has 0 saturated carbocycles. The number of carboxylic acids is 1. The van der Waals surface area contributed by atoms with Crippen LogP contribution in [0.25, 0.3) is 0 Å². The van der Waals surface area contributed by atoms with E-state index in [0.717, 1.165) is 26.1 Å². The molecule has 0 spiro atoms. The minimum atomic E-state index is -0.999. The molecule has 5 nitrogen and oxygen atoms in total. The third-order valence-electron chi connectivity index (χ3n) is 3.47. The molecule has 0 aromatic carbocycles. The number of hydrogen-bond acceptors (Lipinski definition) is 3. The molecule has 0 bridgehead atoms. The maximum Gasteiger partial charge on any atom is 0.309 e. The molecular weight excluding hydrogens is 234 g/mol. The Hall–Kier alpha value is -1.10. The van der Waals surface area contributed by atoms with Crippen LogP contribution in [0.2, 0.25) is 0 Å². The van der Waals surface area contributed by atoms with E-state index in [4.69, 9.17) is 9.84 Å². The van der Waals surface area contributed by atoms with E-state index >= 15 is 0 Å². The summed E-state index contributed by atoms with van der Waals surface area (Å²) in [7, 11) is 1.75. The number of aliphatic carboxylic acids is 1. The van der Waals surface area contributed by atoms with Crippen molar-refractivity contribution in [1.29, 1.82) is 0 Å². The highest BCUT2D eigenvalue weighted by atomic mass is 16.5. The van der Waals surface area contributed by atoms with Crippen molar-refractivity contribution in [3.05, 3.63) is 0 Å². The summed E-state index contributed by atoms with van der Waals surface area (Å²) >= 11 is 0. The van der Waals surface area contributed by atoms with Crippen molar-refractivity contribution in [3.63, 3.8) is 0 Å². The molecule has 1 aliphatic rings. The Morgan fingerprint density at radius 2 is 1.89 bits per heavy atom. The van der Waals surface area contributed by atoms with Gasteiger partial charge in [-0.3, -0.25) is 9.59 Å². The number of ether oxygens (including phenoxy) is 1. The van der Waals surface area contributed by atoms with Gasteiger partial charge >= 0.3 is 5.97 Å². The molecule has 0 radical (unpaired) electrons. The van der Waals surface area contributed by atoms with E-state index in [1.165, 1.54) is 0 Å². The smallest absolute Gasteiger partial charge is 0.309 e. The molecule has 1 aliphatic heterocycles. The molecule has 1 amide bonds. The van der Waals surface area contributed by atoms with E-state index in [9.17, 15) is 9.59 Å². The molecule has 0 aromatic heterocycles. The normalized spacial score (nSPS) is 17.5. The summed E-state index contributed by atoms with van der Waals surface area (Å²) < 4.78 is 5.27. The summed E-state index contributed by atoms with van der Waals surface area (Å²) in [6.45, 7) is 5.36. The van der Waals surface area contributed by atoms with Gasteiger partial charge < -0.3 is 14.7 Å². The van der Waals surface area contributed by atoms with E-state index < -0.39 is 11.4 Å². The summed E-state index contributed by atoms with van der Waals surface area (Å²) in [5.41, 5.74) is -0.999. The first-order valence-electron chi connectivity index (χ1n) is 6.38. The Labute approximate surface area is 108 Å². The number of carbonyl (C=O) groups is 2. The molecule has 1 saturated heterocycles. The highest BCUT2D eigenvalue weighted by Crippen LogP contribution is 2.22. The fourth-order valence-electron chi connectivity index (χ4n) is 2.01. The average Bonchev–Trinajstić information content (AvgIpc) is 2.29. The minimum Gasteiger partial charge on any atom is -0.481 e. The van der Waals surface area contributed by atoms with Crippen molar-refractivity contribution in [2.24, 2.45) is 11.3 Å². The van der Waals surface area contributed by atoms with Gasteiger partial charge in [-0.25, -0.2) is 0 Å². The number of rotatable bonds is 5. The van der Waals surface area contributed by atoms with Crippen LogP contribution in [-0.4, -0.2) is 48.7 Å². The zero-order chi connectivity index (χ0) is 13.8. The molecule has 18 heavy (non-hydrogen) atoms. The topological polar surface area (TPSA) is 66.8 Å². The lowest BCUT2D eigenvalue weighted by molar-refractivity contribution is -0.151. The van der Waals surface area contributed by atoms with Crippen LogP contribution in [0.15, 0.2) is 0 Å². The van der Waals surface area contributed by atoms with Gasteiger partial charge in [-0.05, 0) is 32.6 Å². The van der Waals surface area contributed by atoms with Crippen molar-refractivity contribution < 1.29 is 19.4 Å². The molecule has 1 rings (SSSR count). The van der Waals surface area contributed by atoms with Crippen LogP contribution in [0, 0.1) is 11.3 Å². The van der Waals surface area contributed by atoms with Crippen LogP contribution in [0.4, 0.5) is 0 Å². The van der Waals surface area contributed by atoms with Crippen LogP contribution in [0.3, 0.4) is 0 Å². The second-order valence-corrected chi connectivity index (χ2v) is 5.70. The lowest BCUT2D eigenvalue weighted by Gasteiger charge is -2.29. The Morgan fingerprint density at radius 3 is 2.39 bits per heavy atom. The first-order valence-corrected chi connectivity index (χ1v) is 6.38. The molecular formula is C13H23NO4. The summed E-state index contributed by atoms with van der Waals surface area (Å²) in [5, 5.41) is 9.01. The maximum atomic E-state index is 12.0. The van der Waals surface area contributed by atoms with Gasteiger partial charge in [0.1, 0.15) is 0 Å². The van der Waals surface area contributed by atoms with Gasteiger partial charge in [0.15, 0.2) is 0 Å². The van der Waals surface area contributed by atoms with Crippen molar-refractivity contribution in [2.75, 3.05) is 26.8 Å². The minimum absolute atomic E-state index is 0.0437. The van der Waals surface area contributed by atoms with Gasteiger partial charge in [0, 0.05) is 33.2 Å². The predicted molar refractivity (Wildman–Crippen MR) is 67.2 cm³/mol. The average molecular weight is 257 g/mol. The van der Waals surface area contributed by atoms with Crippen LogP contribution in [-0.2, 0) is 14.3 Å². The Morgan fingerprint density at radius 1 is 1.33 bits per heavy atom. The number of carboxylic acid groups (broad SMARTS) is 1. The number of hydrogen-bond donors (Lipinski definition) is 1. The summed E-state index contributed by atoms with van der Waals surface area (Å²) in [6.07, 6.45) is 1.99. The van der Waals surface area contributed by atoms with Crippen molar-refractivity contribution in [2.45, 2.75) is 33.1 Å². The zero-order valence-corrected chi connectivity index (χ0v) is 11.4. The van der Waals surface area contributed by atoms with Gasteiger partial charge in [-0.15, -0.1) is 0 Å². The van der Waals surface area contributed by atoms with Crippen molar-refractivity contribution in [1.82, 2.24) is 4.90 Å². The molecule has 0 atom stereocenters. The Bertz CT molecular complexity index is 308. The fraction of sp³-hybridized carbons (Fsp3) is 0.846. The van der Waals surface area contributed by atoms with Crippen LogP contribution >= 0.6 is 0 Å². The molecule has 0 aromatic rings. The van der Waals surface area contributed by atoms with Crippen molar-refractivity contribution in [3.8, 4) is 0 Å². The van der Waals surface area contributed by atoms with E-state index in [0.29, 0.717) is 12.5 Å². The Balaban J connectivity index is 2.43. The number of amides is 1. The third kappa shape index (κ3) is 4.29. The first kappa shape index (κ1) is 15.0. The summed E-state index contributed by atoms with van der Waals surface area (Å²) in [6, 6.07) is 0. The van der Waals surface area contributed by atoms with Crippen LogP contribution in [0.5, 0.6) is 0 Å². The maximum absolute atomic E-state index is 12.0.